The number of anilines is 1. The van der Waals surface area contributed by atoms with Crippen LogP contribution in [0.15, 0.2) is 11.0 Å². The molecule has 2 heterocycles. The lowest BCUT2D eigenvalue weighted by Gasteiger charge is -2.29. The van der Waals surface area contributed by atoms with E-state index in [-0.39, 0.29) is 11.1 Å². The summed E-state index contributed by atoms with van der Waals surface area (Å²) in [6.07, 6.45) is -2.39. The predicted octanol–water partition coefficient (Wildman–Crippen LogP) is 1.65. The third kappa shape index (κ3) is 3.68. The summed E-state index contributed by atoms with van der Waals surface area (Å²) < 4.78 is 37.4. The normalized spacial score (nSPS) is 19.0. The van der Waals surface area contributed by atoms with Crippen LogP contribution in [0.2, 0.25) is 5.02 Å². The van der Waals surface area contributed by atoms with Crippen LogP contribution in [0.4, 0.5) is 18.9 Å². The van der Waals surface area contributed by atoms with Gasteiger partial charge in [-0.2, -0.15) is 18.3 Å². The van der Waals surface area contributed by atoms with Crippen molar-refractivity contribution in [2.24, 2.45) is 0 Å². The molecule has 0 bridgehead atoms. The van der Waals surface area contributed by atoms with Gasteiger partial charge in [0.15, 0.2) is 0 Å². The molecule has 1 unspecified atom stereocenters. The molecule has 1 N–H and O–H groups in total. The maximum atomic E-state index is 12.4. The van der Waals surface area contributed by atoms with Crippen LogP contribution in [0.25, 0.3) is 0 Å². The minimum atomic E-state index is -4.51. The Bertz CT molecular complexity index is 554. The van der Waals surface area contributed by atoms with Crippen LogP contribution in [0, 0.1) is 0 Å². The summed E-state index contributed by atoms with van der Waals surface area (Å²) in [5.41, 5.74) is -0.535. The lowest BCUT2D eigenvalue weighted by molar-refractivity contribution is -0.143. The van der Waals surface area contributed by atoms with Gasteiger partial charge < -0.3 is 10.2 Å². The van der Waals surface area contributed by atoms with Crippen molar-refractivity contribution in [3.05, 3.63) is 21.6 Å². The van der Waals surface area contributed by atoms with Gasteiger partial charge in [0, 0.05) is 19.1 Å². The van der Waals surface area contributed by atoms with Gasteiger partial charge in [-0.3, -0.25) is 4.79 Å². The Labute approximate surface area is 124 Å². The van der Waals surface area contributed by atoms with E-state index in [1.807, 2.05) is 11.8 Å². The van der Waals surface area contributed by atoms with Crippen LogP contribution in [-0.4, -0.2) is 41.6 Å². The maximum absolute atomic E-state index is 12.4. The summed E-state index contributed by atoms with van der Waals surface area (Å²) in [5, 5.41) is 6.58. The Kier molecular flexibility index (Phi) is 4.77. The molecule has 1 aromatic heterocycles. The number of likely N-dealkylation sites (N-methyl/N-ethyl adjacent to an activating group) is 1. The first-order chi connectivity index (χ1) is 9.83. The standard InChI is InChI=1S/C12H16ClF3N4O/c1-2-19(8-3-4-17-5-8)9-6-18-20(7-12(14,15)16)11(21)10(9)13/h6,8,17H,2-5,7H2,1H3. The number of alkyl halides is 3. The van der Waals surface area contributed by atoms with E-state index in [2.05, 4.69) is 10.4 Å². The van der Waals surface area contributed by atoms with E-state index >= 15 is 0 Å². The first-order valence-electron chi connectivity index (χ1n) is 6.63. The summed E-state index contributed by atoms with van der Waals surface area (Å²) >= 11 is 5.98. The molecule has 9 heteroatoms. The van der Waals surface area contributed by atoms with E-state index < -0.39 is 18.3 Å². The minimum Gasteiger partial charge on any atom is -0.365 e. The van der Waals surface area contributed by atoms with Gasteiger partial charge in [-0.25, -0.2) is 4.68 Å². The van der Waals surface area contributed by atoms with Gasteiger partial charge in [0.05, 0.1) is 11.9 Å². The third-order valence-electron chi connectivity index (χ3n) is 3.42. The molecule has 1 aromatic rings. The average molecular weight is 325 g/mol. The minimum absolute atomic E-state index is 0.159. The number of hydrogen-bond acceptors (Lipinski definition) is 4. The van der Waals surface area contributed by atoms with Gasteiger partial charge in [-0.05, 0) is 19.9 Å². The van der Waals surface area contributed by atoms with Crippen LogP contribution in [0.1, 0.15) is 13.3 Å². The first kappa shape index (κ1) is 16.1. The van der Waals surface area contributed by atoms with Crippen LogP contribution in [0.5, 0.6) is 0 Å². The zero-order valence-electron chi connectivity index (χ0n) is 11.5. The van der Waals surface area contributed by atoms with Crippen LogP contribution in [-0.2, 0) is 6.54 Å². The number of halogens is 4. The van der Waals surface area contributed by atoms with Crippen molar-refractivity contribution in [1.82, 2.24) is 15.1 Å². The molecule has 0 spiro atoms. The highest BCUT2D eigenvalue weighted by Crippen LogP contribution is 2.25. The van der Waals surface area contributed by atoms with E-state index in [1.54, 1.807) is 0 Å². The van der Waals surface area contributed by atoms with Gasteiger partial charge in [-0.15, -0.1) is 0 Å². The van der Waals surface area contributed by atoms with Crippen LogP contribution < -0.4 is 15.8 Å². The highest BCUT2D eigenvalue weighted by atomic mass is 35.5. The van der Waals surface area contributed by atoms with Crippen molar-refractivity contribution in [3.63, 3.8) is 0 Å². The molecular weight excluding hydrogens is 309 g/mol. The number of nitrogens with one attached hydrogen (secondary N) is 1. The van der Waals surface area contributed by atoms with Crippen LogP contribution in [0.3, 0.4) is 0 Å². The number of aromatic nitrogens is 2. The van der Waals surface area contributed by atoms with Crippen molar-refractivity contribution in [1.29, 1.82) is 0 Å². The quantitative estimate of drug-likeness (QED) is 0.915. The highest BCUT2D eigenvalue weighted by molar-refractivity contribution is 6.33. The summed E-state index contributed by atoms with van der Waals surface area (Å²) in [6, 6.07) is 0.159. The Morgan fingerprint density at radius 2 is 2.29 bits per heavy atom. The van der Waals surface area contributed by atoms with Crippen molar-refractivity contribution in [2.75, 3.05) is 24.5 Å². The molecule has 0 saturated carbocycles. The summed E-state index contributed by atoms with van der Waals surface area (Å²) in [4.78, 5) is 13.8. The van der Waals surface area contributed by atoms with Crippen LogP contribution >= 0.6 is 11.6 Å². The molecule has 0 aromatic carbocycles. The van der Waals surface area contributed by atoms with Gasteiger partial charge in [0.2, 0.25) is 0 Å². The van der Waals surface area contributed by atoms with Crippen molar-refractivity contribution in [2.45, 2.75) is 32.1 Å². The maximum Gasteiger partial charge on any atom is 0.408 e. The van der Waals surface area contributed by atoms with Gasteiger partial charge >= 0.3 is 6.18 Å². The van der Waals surface area contributed by atoms with Gasteiger partial charge in [0.1, 0.15) is 11.6 Å². The molecule has 1 aliphatic heterocycles. The molecule has 5 nitrogen and oxygen atoms in total. The molecule has 1 atom stereocenters. The number of nitrogens with zero attached hydrogens (tertiary/aromatic N) is 3. The van der Waals surface area contributed by atoms with Gasteiger partial charge in [-0.1, -0.05) is 11.6 Å². The highest BCUT2D eigenvalue weighted by Gasteiger charge is 2.31. The lowest BCUT2D eigenvalue weighted by Crippen LogP contribution is -2.39. The second kappa shape index (κ2) is 6.23. The molecule has 118 valence electrons. The van der Waals surface area contributed by atoms with E-state index in [0.717, 1.165) is 19.5 Å². The second-order valence-corrected chi connectivity index (χ2v) is 5.23. The molecule has 2 rings (SSSR count). The fraction of sp³-hybridized carbons (Fsp3) is 0.667. The zero-order valence-corrected chi connectivity index (χ0v) is 12.2. The predicted molar refractivity (Wildman–Crippen MR) is 73.9 cm³/mol. The Hall–Kier alpha value is -1.28. The second-order valence-electron chi connectivity index (χ2n) is 4.85. The van der Waals surface area contributed by atoms with E-state index in [9.17, 15) is 18.0 Å². The smallest absolute Gasteiger partial charge is 0.365 e. The fourth-order valence-electron chi connectivity index (χ4n) is 2.47. The first-order valence-corrected chi connectivity index (χ1v) is 7.01. The fourth-order valence-corrected chi connectivity index (χ4v) is 2.72. The molecule has 21 heavy (non-hydrogen) atoms. The Morgan fingerprint density at radius 1 is 1.57 bits per heavy atom. The largest absolute Gasteiger partial charge is 0.408 e. The Balaban J connectivity index is 2.33. The zero-order chi connectivity index (χ0) is 15.6. The Morgan fingerprint density at radius 3 is 2.81 bits per heavy atom. The van der Waals surface area contributed by atoms with E-state index in [1.165, 1.54) is 6.20 Å². The molecule has 0 radical (unpaired) electrons. The lowest BCUT2D eigenvalue weighted by atomic mass is 10.2. The number of rotatable bonds is 4. The van der Waals surface area contributed by atoms with Crippen molar-refractivity contribution < 1.29 is 13.2 Å². The van der Waals surface area contributed by atoms with E-state index in [0.29, 0.717) is 16.9 Å². The molecule has 0 aliphatic carbocycles. The molecular formula is C12H16ClF3N4O. The van der Waals surface area contributed by atoms with E-state index in [4.69, 9.17) is 11.6 Å². The summed E-state index contributed by atoms with van der Waals surface area (Å²) in [6.45, 7) is 2.66. The average Bonchev–Trinajstić information content (AvgIpc) is 2.91. The summed E-state index contributed by atoms with van der Waals surface area (Å²) in [7, 11) is 0. The van der Waals surface area contributed by atoms with Gasteiger partial charge in [0.25, 0.3) is 5.56 Å². The number of hydrogen-bond donors (Lipinski definition) is 1. The molecule has 1 aliphatic rings. The topological polar surface area (TPSA) is 50.2 Å². The monoisotopic (exact) mass is 324 g/mol. The molecule has 0 amide bonds. The third-order valence-corrected chi connectivity index (χ3v) is 3.78. The summed E-state index contributed by atoms with van der Waals surface area (Å²) in [5.74, 6) is 0. The van der Waals surface area contributed by atoms with Crippen molar-refractivity contribution in [3.8, 4) is 0 Å². The molecule has 1 saturated heterocycles. The SMILES string of the molecule is CCN(c1cnn(CC(F)(F)F)c(=O)c1Cl)C1CCNC1. The van der Waals surface area contributed by atoms with Crippen molar-refractivity contribution >= 4 is 17.3 Å². The molecule has 1 fully saturated rings.